The maximum Gasteiger partial charge on any atom is 0.335 e. The summed E-state index contributed by atoms with van der Waals surface area (Å²) in [4.78, 5) is 22.7. The summed E-state index contributed by atoms with van der Waals surface area (Å²) in [6.45, 7) is 0. The van der Waals surface area contributed by atoms with E-state index in [1.54, 1.807) is 0 Å². The van der Waals surface area contributed by atoms with Crippen molar-refractivity contribution in [2.45, 2.75) is 6.42 Å². The van der Waals surface area contributed by atoms with Crippen LogP contribution >= 0.6 is 22.9 Å². The van der Waals surface area contributed by atoms with Crippen molar-refractivity contribution in [3.8, 4) is 0 Å². The Morgan fingerprint density at radius 1 is 1.32 bits per heavy atom. The first-order chi connectivity index (χ1) is 9.04. The molecule has 0 aliphatic heterocycles. The number of amides is 1. The van der Waals surface area contributed by atoms with Crippen LogP contribution < -0.4 is 5.32 Å². The summed E-state index contributed by atoms with van der Waals surface area (Å²) < 4.78 is 0. The Morgan fingerprint density at radius 3 is 2.74 bits per heavy atom. The zero-order valence-corrected chi connectivity index (χ0v) is 11.3. The largest absolute Gasteiger partial charge is 0.478 e. The molecule has 1 aromatic heterocycles. The van der Waals surface area contributed by atoms with Crippen molar-refractivity contribution in [1.29, 1.82) is 0 Å². The van der Waals surface area contributed by atoms with Crippen molar-refractivity contribution in [1.82, 2.24) is 0 Å². The molecule has 0 radical (unpaired) electrons. The van der Waals surface area contributed by atoms with Gasteiger partial charge in [0.1, 0.15) is 0 Å². The van der Waals surface area contributed by atoms with E-state index < -0.39 is 5.97 Å². The Bertz CT molecular complexity index is 610. The van der Waals surface area contributed by atoms with Gasteiger partial charge in [0.05, 0.1) is 12.0 Å². The topological polar surface area (TPSA) is 66.4 Å². The highest BCUT2D eigenvalue weighted by Crippen LogP contribution is 2.19. The van der Waals surface area contributed by atoms with Gasteiger partial charge in [-0.1, -0.05) is 11.6 Å². The summed E-state index contributed by atoms with van der Waals surface area (Å²) in [5.41, 5.74) is 1.34. The van der Waals surface area contributed by atoms with Gasteiger partial charge in [-0.3, -0.25) is 4.79 Å². The number of anilines is 1. The molecule has 0 atom stereocenters. The van der Waals surface area contributed by atoms with Gasteiger partial charge in [0, 0.05) is 10.7 Å². The second-order valence-corrected chi connectivity index (χ2v) is 5.11. The van der Waals surface area contributed by atoms with Gasteiger partial charge in [-0.25, -0.2) is 4.79 Å². The monoisotopic (exact) mass is 295 g/mol. The Kier molecular flexibility index (Phi) is 4.19. The summed E-state index contributed by atoms with van der Waals surface area (Å²) in [6, 6.07) is 6.09. The van der Waals surface area contributed by atoms with E-state index in [0.717, 1.165) is 5.56 Å². The second kappa shape index (κ2) is 5.86. The smallest absolute Gasteiger partial charge is 0.335 e. The van der Waals surface area contributed by atoms with Gasteiger partial charge < -0.3 is 10.4 Å². The van der Waals surface area contributed by atoms with Crippen LogP contribution in [0.25, 0.3) is 0 Å². The lowest BCUT2D eigenvalue weighted by atomic mass is 10.2. The van der Waals surface area contributed by atoms with E-state index in [9.17, 15) is 9.59 Å². The number of carbonyl (C=O) groups is 2. The fourth-order valence-electron chi connectivity index (χ4n) is 1.57. The number of halogens is 1. The average Bonchev–Trinajstić information content (AvgIpc) is 2.80. The fraction of sp³-hybridized carbons (Fsp3) is 0.0769. The van der Waals surface area contributed by atoms with E-state index in [0.29, 0.717) is 5.69 Å². The van der Waals surface area contributed by atoms with Crippen LogP contribution in [0.5, 0.6) is 0 Å². The van der Waals surface area contributed by atoms with Gasteiger partial charge in [0.25, 0.3) is 0 Å². The molecule has 2 N–H and O–H groups in total. The van der Waals surface area contributed by atoms with Crippen molar-refractivity contribution in [3.05, 3.63) is 51.2 Å². The maximum atomic E-state index is 11.8. The third-order valence-electron chi connectivity index (χ3n) is 2.37. The van der Waals surface area contributed by atoms with Crippen LogP contribution in [-0.4, -0.2) is 17.0 Å². The molecule has 4 nitrogen and oxygen atoms in total. The first-order valence-corrected chi connectivity index (χ1v) is 6.71. The number of thiophene rings is 1. The molecule has 98 valence electrons. The predicted molar refractivity (Wildman–Crippen MR) is 75.1 cm³/mol. The summed E-state index contributed by atoms with van der Waals surface area (Å²) in [6.07, 6.45) is 0.248. The van der Waals surface area contributed by atoms with Crippen molar-refractivity contribution in [3.63, 3.8) is 0 Å². The third-order valence-corrected chi connectivity index (χ3v) is 3.32. The SMILES string of the molecule is O=C(Cc1ccsc1)Nc1cc(Cl)cc(C(=O)O)c1. The van der Waals surface area contributed by atoms with Crippen LogP contribution in [0.2, 0.25) is 5.02 Å². The van der Waals surface area contributed by atoms with E-state index in [1.165, 1.54) is 29.5 Å². The molecule has 6 heteroatoms. The highest BCUT2D eigenvalue weighted by molar-refractivity contribution is 7.08. The van der Waals surface area contributed by atoms with E-state index >= 15 is 0 Å². The summed E-state index contributed by atoms with van der Waals surface area (Å²) in [5.74, 6) is -1.30. The molecule has 2 aromatic rings. The van der Waals surface area contributed by atoms with E-state index in [1.807, 2.05) is 16.8 Å². The zero-order valence-electron chi connectivity index (χ0n) is 9.72. The van der Waals surface area contributed by atoms with E-state index in [2.05, 4.69) is 5.32 Å². The first-order valence-electron chi connectivity index (χ1n) is 5.39. The van der Waals surface area contributed by atoms with Crippen molar-refractivity contribution in [2.24, 2.45) is 0 Å². The van der Waals surface area contributed by atoms with Crippen molar-refractivity contribution >= 4 is 40.5 Å². The molecule has 1 amide bonds. The van der Waals surface area contributed by atoms with Crippen molar-refractivity contribution < 1.29 is 14.7 Å². The van der Waals surface area contributed by atoms with Crippen LogP contribution in [0, 0.1) is 0 Å². The molecule has 1 aromatic carbocycles. The van der Waals surface area contributed by atoms with Crippen LogP contribution in [-0.2, 0) is 11.2 Å². The van der Waals surface area contributed by atoms with E-state index in [4.69, 9.17) is 16.7 Å². The highest BCUT2D eigenvalue weighted by atomic mass is 35.5. The molecule has 0 saturated carbocycles. The van der Waals surface area contributed by atoms with Crippen molar-refractivity contribution in [2.75, 3.05) is 5.32 Å². The molecule has 2 rings (SSSR count). The van der Waals surface area contributed by atoms with E-state index in [-0.39, 0.29) is 22.9 Å². The molecule has 0 fully saturated rings. The lowest BCUT2D eigenvalue weighted by molar-refractivity contribution is -0.115. The number of hydrogen-bond donors (Lipinski definition) is 2. The standard InChI is InChI=1S/C13H10ClNO3S/c14-10-4-9(13(17)18)5-11(6-10)15-12(16)3-8-1-2-19-7-8/h1-2,4-7H,3H2,(H,15,16)(H,17,18). The lowest BCUT2D eigenvalue weighted by Gasteiger charge is -2.06. The molecule has 0 aliphatic rings. The number of carboxylic acid groups (broad SMARTS) is 1. The average molecular weight is 296 g/mol. The minimum Gasteiger partial charge on any atom is -0.478 e. The molecule has 0 spiro atoms. The Morgan fingerprint density at radius 2 is 2.11 bits per heavy atom. The number of rotatable bonds is 4. The van der Waals surface area contributed by atoms with Crippen LogP contribution in [0.15, 0.2) is 35.0 Å². The molecule has 1 heterocycles. The number of nitrogens with one attached hydrogen (secondary N) is 1. The van der Waals surface area contributed by atoms with Gasteiger partial charge in [-0.05, 0) is 40.6 Å². The minimum absolute atomic E-state index is 0.0401. The van der Waals surface area contributed by atoms with Gasteiger partial charge in [-0.15, -0.1) is 0 Å². The zero-order chi connectivity index (χ0) is 13.8. The lowest BCUT2D eigenvalue weighted by Crippen LogP contribution is -2.14. The number of carboxylic acids is 1. The van der Waals surface area contributed by atoms with Crippen LogP contribution in [0.3, 0.4) is 0 Å². The summed E-state index contributed by atoms with van der Waals surface area (Å²) in [7, 11) is 0. The molecule has 19 heavy (non-hydrogen) atoms. The minimum atomic E-state index is -1.09. The number of aromatic carboxylic acids is 1. The second-order valence-electron chi connectivity index (χ2n) is 3.89. The molecular formula is C13H10ClNO3S. The van der Waals surface area contributed by atoms with Gasteiger partial charge in [0.15, 0.2) is 0 Å². The molecular weight excluding hydrogens is 286 g/mol. The number of hydrogen-bond acceptors (Lipinski definition) is 3. The van der Waals surface area contributed by atoms with Gasteiger partial charge >= 0.3 is 5.97 Å². The Balaban J connectivity index is 2.10. The summed E-state index contributed by atoms with van der Waals surface area (Å²) >= 11 is 7.33. The summed E-state index contributed by atoms with van der Waals surface area (Å²) in [5, 5.41) is 15.6. The van der Waals surface area contributed by atoms with Gasteiger partial charge in [-0.2, -0.15) is 11.3 Å². The first kappa shape index (κ1) is 13.6. The number of carbonyl (C=O) groups excluding carboxylic acids is 1. The Hall–Kier alpha value is -1.85. The van der Waals surface area contributed by atoms with Gasteiger partial charge in [0.2, 0.25) is 5.91 Å². The molecule has 0 aliphatic carbocycles. The maximum absolute atomic E-state index is 11.8. The quantitative estimate of drug-likeness (QED) is 0.909. The predicted octanol–water partition coefficient (Wildman–Crippen LogP) is 3.28. The molecule has 0 unspecified atom stereocenters. The van der Waals surface area contributed by atoms with Crippen LogP contribution in [0.1, 0.15) is 15.9 Å². The normalized spacial score (nSPS) is 10.2. The fourth-order valence-corrected chi connectivity index (χ4v) is 2.47. The molecule has 0 bridgehead atoms. The number of benzene rings is 1. The third kappa shape index (κ3) is 3.81. The Labute approximate surface area is 118 Å². The molecule has 0 saturated heterocycles. The highest BCUT2D eigenvalue weighted by Gasteiger charge is 2.09. The van der Waals surface area contributed by atoms with Crippen LogP contribution in [0.4, 0.5) is 5.69 Å².